The maximum atomic E-state index is 5.81. The van der Waals surface area contributed by atoms with Gasteiger partial charge >= 0.3 is 0 Å². The van der Waals surface area contributed by atoms with Crippen LogP contribution in [0.5, 0.6) is 0 Å². The molecule has 1 atom stereocenters. The molecule has 1 unspecified atom stereocenters. The van der Waals surface area contributed by atoms with E-state index in [1.807, 2.05) is 0 Å². The molecule has 0 fully saturated rings. The first-order valence-electron chi connectivity index (χ1n) is 6.65. The summed E-state index contributed by atoms with van der Waals surface area (Å²) in [5.74, 6) is 2.75. The molecule has 0 spiro atoms. The fraction of sp³-hybridized carbons (Fsp3) is 0.733. The molecule has 0 saturated carbocycles. The first kappa shape index (κ1) is 15.3. The third-order valence-electron chi connectivity index (χ3n) is 3.29. The van der Waals surface area contributed by atoms with Gasteiger partial charge in [-0.2, -0.15) is 0 Å². The molecule has 0 amide bonds. The number of allylic oxidation sites excluding steroid dienone is 2. The Balaban J connectivity index is 4.25. The van der Waals surface area contributed by atoms with Crippen LogP contribution in [0.1, 0.15) is 59.8 Å². The summed E-state index contributed by atoms with van der Waals surface area (Å²) in [5.41, 5.74) is 0. The van der Waals surface area contributed by atoms with Crippen LogP contribution in [0.3, 0.4) is 0 Å². The van der Waals surface area contributed by atoms with Gasteiger partial charge in [-0.3, -0.25) is 0 Å². The Bertz CT molecular complexity index is 213. The molecule has 0 aliphatic carbocycles. The normalized spacial score (nSPS) is 12.6. The molecule has 0 bridgehead atoms. The fourth-order valence-electron chi connectivity index (χ4n) is 2.02. The first-order valence-corrected chi connectivity index (χ1v) is 6.65. The Labute approximate surface area is 102 Å². The van der Waals surface area contributed by atoms with E-state index in [-0.39, 0.29) is 0 Å². The van der Waals surface area contributed by atoms with E-state index < -0.39 is 0 Å². The second kappa shape index (κ2) is 8.43. The number of hydrogen-bond donors (Lipinski definition) is 0. The zero-order valence-electron chi connectivity index (χ0n) is 11.5. The minimum atomic E-state index is 0.468. The molecular weight excluding hydrogens is 196 g/mol. The van der Waals surface area contributed by atoms with E-state index in [1.165, 1.54) is 6.42 Å². The van der Waals surface area contributed by atoms with Crippen molar-refractivity contribution in [2.75, 3.05) is 0 Å². The maximum absolute atomic E-state index is 5.81. The molecule has 1 nitrogen and oxygen atoms in total. The van der Waals surface area contributed by atoms with Gasteiger partial charge in [-0.05, 0) is 25.7 Å². The smallest absolute Gasteiger partial charge is 0.0995 e. The summed E-state index contributed by atoms with van der Waals surface area (Å²) in [4.78, 5) is 0. The molecule has 1 heteroatoms. The lowest BCUT2D eigenvalue weighted by atomic mass is 9.98. The molecule has 0 N–H and O–H groups in total. The maximum Gasteiger partial charge on any atom is 0.0995 e. The molecule has 0 aliphatic rings. The molecule has 0 aromatic carbocycles. The van der Waals surface area contributed by atoms with Gasteiger partial charge in [0.2, 0.25) is 0 Å². The Morgan fingerprint density at radius 1 is 0.875 bits per heavy atom. The minimum Gasteiger partial charge on any atom is -0.467 e. The van der Waals surface area contributed by atoms with E-state index in [1.54, 1.807) is 0 Å². The standard InChI is InChI=1S/C15H28O/c1-7-11-15(10-4)13(6)16-12(5)14(8-2)9-3/h14-15H,5-11H2,1-4H3. The van der Waals surface area contributed by atoms with Gasteiger partial charge in [0.1, 0.15) is 0 Å². The van der Waals surface area contributed by atoms with Crippen molar-refractivity contribution in [3.8, 4) is 0 Å². The molecule has 0 rings (SSSR count). The second-order valence-electron chi connectivity index (χ2n) is 4.44. The van der Waals surface area contributed by atoms with Crippen LogP contribution in [0.15, 0.2) is 24.7 Å². The predicted molar refractivity (Wildman–Crippen MR) is 72.1 cm³/mol. The lowest BCUT2D eigenvalue weighted by Crippen LogP contribution is -2.09. The number of rotatable bonds is 9. The number of hydrogen-bond acceptors (Lipinski definition) is 1. The van der Waals surface area contributed by atoms with Gasteiger partial charge < -0.3 is 4.74 Å². The van der Waals surface area contributed by atoms with Crippen molar-refractivity contribution in [2.24, 2.45) is 11.8 Å². The van der Waals surface area contributed by atoms with Crippen LogP contribution < -0.4 is 0 Å². The van der Waals surface area contributed by atoms with Gasteiger partial charge in [0.05, 0.1) is 11.5 Å². The minimum absolute atomic E-state index is 0.468. The fourth-order valence-corrected chi connectivity index (χ4v) is 2.02. The van der Waals surface area contributed by atoms with E-state index in [0.717, 1.165) is 37.2 Å². The van der Waals surface area contributed by atoms with Crippen LogP contribution in [-0.2, 0) is 4.74 Å². The van der Waals surface area contributed by atoms with Crippen molar-refractivity contribution in [3.63, 3.8) is 0 Å². The molecule has 0 aromatic rings. The molecular formula is C15H28O. The molecule has 0 heterocycles. The van der Waals surface area contributed by atoms with Crippen molar-refractivity contribution in [3.05, 3.63) is 24.7 Å². The highest BCUT2D eigenvalue weighted by atomic mass is 16.5. The number of ether oxygens (including phenoxy) is 1. The van der Waals surface area contributed by atoms with Crippen LogP contribution in [0, 0.1) is 11.8 Å². The summed E-state index contributed by atoms with van der Waals surface area (Å²) in [6, 6.07) is 0. The van der Waals surface area contributed by atoms with Gasteiger partial charge in [-0.25, -0.2) is 0 Å². The van der Waals surface area contributed by atoms with Crippen LogP contribution in [0.4, 0.5) is 0 Å². The zero-order chi connectivity index (χ0) is 12.6. The molecule has 94 valence electrons. The lowest BCUT2D eigenvalue weighted by molar-refractivity contribution is 0.207. The molecule has 0 aromatic heterocycles. The second-order valence-corrected chi connectivity index (χ2v) is 4.44. The van der Waals surface area contributed by atoms with Crippen molar-refractivity contribution in [2.45, 2.75) is 59.8 Å². The highest BCUT2D eigenvalue weighted by Crippen LogP contribution is 2.26. The molecule has 0 radical (unpaired) electrons. The third-order valence-corrected chi connectivity index (χ3v) is 3.29. The average molecular weight is 224 g/mol. The van der Waals surface area contributed by atoms with Crippen molar-refractivity contribution in [1.82, 2.24) is 0 Å². The van der Waals surface area contributed by atoms with Crippen molar-refractivity contribution in [1.29, 1.82) is 0 Å². The predicted octanol–water partition coefficient (Wildman–Crippen LogP) is 5.29. The van der Waals surface area contributed by atoms with E-state index in [2.05, 4.69) is 40.9 Å². The van der Waals surface area contributed by atoms with Crippen molar-refractivity contribution >= 4 is 0 Å². The Morgan fingerprint density at radius 2 is 1.31 bits per heavy atom. The molecule has 0 aliphatic heterocycles. The topological polar surface area (TPSA) is 9.23 Å². The van der Waals surface area contributed by atoms with Gasteiger partial charge in [0, 0.05) is 11.8 Å². The molecule has 16 heavy (non-hydrogen) atoms. The summed E-state index contributed by atoms with van der Waals surface area (Å²) in [6.07, 6.45) is 5.62. The van der Waals surface area contributed by atoms with Gasteiger partial charge in [0.15, 0.2) is 0 Å². The summed E-state index contributed by atoms with van der Waals surface area (Å²) in [6.45, 7) is 16.8. The Hall–Kier alpha value is -0.720. The monoisotopic (exact) mass is 224 g/mol. The van der Waals surface area contributed by atoms with E-state index in [9.17, 15) is 0 Å². The van der Waals surface area contributed by atoms with Crippen LogP contribution in [0.2, 0.25) is 0 Å². The summed E-state index contributed by atoms with van der Waals surface area (Å²) >= 11 is 0. The average Bonchev–Trinajstić information content (AvgIpc) is 2.27. The van der Waals surface area contributed by atoms with Gasteiger partial charge in [0.25, 0.3) is 0 Å². The van der Waals surface area contributed by atoms with E-state index >= 15 is 0 Å². The largest absolute Gasteiger partial charge is 0.467 e. The van der Waals surface area contributed by atoms with Crippen LogP contribution in [0.25, 0.3) is 0 Å². The first-order chi connectivity index (χ1) is 7.60. The lowest BCUT2D eigenvalue weighted by Gasteiger charge is -2.22. The molecule has 0 saturated heterocycles. The summed E-state index contributed by atoms with van der Waals surface area (Å²) < 4.78 is 5.81. The summed E-state index contributed by atoms with van der Waals surface area (Å²) in [7, 11) is 0. The van der Waals surface area contributed by atoms with E-state index in [4.69, 9.17) is 4.74 Å². The van der Waals surface area contributed by atoms with Gasteiger partial charge in [-0.15, -0.1) is 0 Å². The SMILES string of the molecule is C=C(OC(=C)C(CC)CCC)C(CC)CC. The Kier molecular flexibility index (Phi) is 8.05. The zero-order valence-corrected chi connectivity index (χ0v) is 11.5. The van der Waals surface area contributed by atoms with E-state index in [0.29, 0.717) is 11.8 Å². The Morgan fingerprint density at radius 3 is 1.69 bits per heavy atom. The quantitative estimate of drug-likeness (QED) is 0.483. The third kappa shape index (κ3) is 4.87. The van der Waals surface area contributed by atoms with Crippen molar-refractivity contribution < 1.29 is 4.74 Å². The van der Waals surface area contributed by atoms with Crippen LogP contribution in [-0.4, -0.2) is 0 Å². The highest BCUT2D eigenvalue weighted by molar-refractivity contribution is 5.00. The van der Waals surface area contributed by atoms with Gasteiger partial charge in [-0.1, -0.05) is 47.3 Å². The van der Waals surface area contributed by atoms with Crippen LogP contribution >= 0.6 is 0 Å². The summed E-state index contributed by atoms with van der Waals surface area (Å²) in [5, 5.41) is 0. The highest BCUT2D eigenvalue weighted by Gasteiger charge is 2.15.